The van der Waals surface area contributed by atoms with Gasteiger partial charge in [0, 0.05) is 28.8 Å². The zero-order valence-corrected chi connectivity index (χ0v) is 21.0. The summed E-state index contributed by atoms with van der Waals surface area (Å²) in [4.78, 5) is 36.8. The van der Waals surface area contributed by atoms with E-state index in [0.29, 0.717) is 52.1 Å². The Labute approximate surface area is 224 Å². The van der Waals surface area contributed by atoms with Crippen molar-refractivity contribution < 1.29 is 9.90 Å². The highest BCUT2D eigenvalue weighted by Crippen LogP contribution is 2.33. The van der Waals surface area contributed by atoms with Crippen LogP contribution in [0.15, 0.2) is 65.7 Å². The number of rotatable bonds is 5. The normalized spacial score (nSPS) is 14.4. The number of nitrogens with one attached hydrogen (secondary N) is 2. The van der Waals surface area contributed by atoms with E-state index in [-0.39, 0.29) is 16.8 Å². The van der Waals surface area contributed by atoms with Crippen LogP contribution >= 0.6 is 23.2 Å². The van der Waals surface area contributed by atoms with Gasteiger partial charge in [0.15, 0.2) is 5.15 Å². The maximum absolute atomic E-state index is 13.4. The third kappa shape index (κ3) is 4.42. The van der Waals surface area contributed by atoms with Gasteiger partial charge >= 0.3 is 6.09 Å². The molecule has 190 valence electrons. The van der Waals surface area contributed by atoms with Gasteiger partial charge in [0.1, 0.15) is 11.6 Å². The molecule has 0 spiro atoms. The number of aromatic nitrogens is 7. The second-order valence-electron chi connectivity index (χ2n) is 8.66. The van der Waals surface area contributed by atoms with E-state index in [0.717, 1.165) is 11.3 Å². The van der Waals surface area contributed by atoms with Gasteiger partial charge in [0.2, 0.25) is 0 Å². The molecule has 3 N–H and O–H groups in total. The van der Waals surface area contributed by atoms with Crippen molar-refractivity contribution in [2.75, 3.05) is 5.32 Å². The van der Waals surface area contributed by atoms with Gasteiger partial charge in [-0.3, -0.25) is 14.7 Å². The van der Waals surface area contributed by atoms with Crippen molar-refractivity contribution in [1.82, 2.24) is 34.5 Å². The van der Waals surface area contributed by atoms with Crippen molar-refractivity contribution in [2.24, 2.45) is 0 Å². The maximum atomic E-state index is 13.4. The lowest BCUT2D eigenvalue weighted by molar-refractivity contribution is 0.209. The summed E-state index contributed by atoms with van der Waals surface area (Å²) in [6, 6.07) is 13.3. The number of aryl methyl sites for hydroxylation is 1. The fraction of sp³-hybridized carbons (Fsp3) is 0.120. The maximum Gasteiger partial charge on any atom is 0.409 e. The number of hydrogen-bond donors (Lipinski definition) is 3. The second-order valence-corrected chi connectivity index (χ2v) is 9.48. The highest BCUT2D eigenvalue weighted by molar-refractivity contribution is 6.31. The number of benzene rings is 2. The summed E-state index contributed by atoms with van der Waals surface area (Å²) in [6.45, 7) is 0. The molecule has 2 aromatic carbocycles. The minimum absolute atomic E-state index is 0.211. The molecule has 3 aromatic heterocycles. The van der Waals surface area contributed by atoms with Crippen molar-refractivity contribution in [1.29, 1.82) is 0 Å². The molecule has 0 fully saturated rings. The van der Waals surface area contributed by atoms with Gasteiger partial charge < -0.3 is 10.1 Å². The predicted octanol–water partition coefficient (Wildman–Crippen LogP) is 4.81. The second kappa shape index (κ2) is 9.43. The molecule has 6 rings (SSSR count). The average molecular weight is 549 g/mol. The molecule has 11 nitrogen and oxygen atoms in total. The molecule has 13 heteroatoms. The number of anilines is 1. The van der Waals surface area contributed by atoms with Crippen LogP contribution < -0.4 is 10.9 Å². The van der Waals surface area contributed by atoms with E-state index >= 15 is 0 Å². The van der Waals surface area contributed by atoms with Crippen LogP contribution in [0.5, 0.6) is 0 Å². The monoisotopic (exact) mass is 548 g/mol. The average Bonchev–Trinajstić information content (AvgIpc) is 3.64. The fourth-order valence-electron chi connectivity index (χ4n) is 4.62. The molecule has 0 radical (unpaired) electrons. The van der Waals surface area contributed by atoms with Crippen LogP contribution in [-0.4, -0.2) is 45.7 Å². The number of halogens is 2. The van der Waals surface area contributed by atoms with Crippen LogP contribution in [0.25, 0.3) is 28.2 Å². The van der Waals surface area contributed by atoms with Gasteiger partial charge in [-0.25, -0.2) is 19.4 Å². The van der Waals surface area contributed by atoms with Crippen LogP contribution in [-0.2, 0) is 6.42 Å². The van der Waals surface area contributed by atoms with Gasteiger partial charge in [-0.1, -0.05) is 40.5 Å². The Hall–Kier alpha value is -4.48. The largest absolute Gasteiger partial charge is 0.465 e. The zero-order chi connectivity index (χ0) is 26.4. The van der Waals surface area contributed by atoms with Gasteiger partial charge in [0.05, 0.1) is 35.5 Å². The number of imidazole rings is 1. The molecule has 0 unspecified atom stereocenters. The number of H-pyrrole nitrogens is 1. The smallest absolute Gasteiger partial charge is 0.409 e. The van der Waals surface area contributed by atoms with Gasteiger partial charge in [-0.05, 0) is 42.3 Å². The van der Waals surface area contributed by atoms with Crippen LogP contribution in [0.2, 0.25) is 10.2 Å². The van der Waals surface area contributed by atoms with Gasteiger partial charge in [-0.15, -0.1) is 5.10 Å². The van der Waals surface area contributed by atoms with Crippen molar-refractivity contribution in [3.05, 3.63) is 93.1 Å². The molecule has 1 amide bonds. The summed E-state index contributed by atoms with van der Waals surface area (Å²) >= 11 is 12.2. The van der Waals surface area contributed by atoms with Crippen LogP contribution in [0.1, 0.15) is 24.1 Å². The first-order chi connectivity index (χ1) is 18.4. The number of amides is 1. The molecule has 0 saturated heterocycles. The lowest BCUT2D eigenvalue weighted by atomic mass is 10.1. The molecule has 5 aromatic rings. The Morgan fingerprint density at radius 2 is 1.95 bits per heavy atom. The first kappa shape index (κ1) is 23.9. The number of aromatic amines is 1. The lowest BCUT2D eigenvalue weighted by Gasteiger charge is -2.14. The molecule has 1 aliphatic heterocycles. The quantitative estimate of drug-likeness (QED) is 0.285. The molecule has 1 aliphatic rings. The Morgan fingerprint density at radius 1 is 1.13 bits per heavy atom. The highest BCUT2D eigenvalue weighted by Gasteiger charge is 2.29. The summed E-state index contributed by atoms with van der Waals surface area (Å²) in [5, 5.41) is 19.8. The summed E-state index contributed by atoms with van der Waals surface area (Å²) < 4.78 is 3.17. The molecule has 1 atom stereocenters. The van der Waals surface area contributed by atoms with Gasteiger partial charge in [-0.2, -0.15) is 0 Å². The fourth-order valence-corrected chi connectivity index (χ4v) is 4.92. The Morgan fingerprint density at radius 3 is 2.68 bits per heavy atom. The minimum Gasteiger partial charge on any atom is -0.465 e. The number of hydrogen-bond acceptors (Lipinski definition) is 6. The number of carboxylic acid groups (broad SMARTS) is 1. The first-order valence-electron chi connectivity index (χ1n) is 11.5. The summed E-state index contributed by atoms with van der Waals surface area (Å²) in [5.41, 5.74) is 3.58. The SMILES string of the molecule is O=C(O)Nc1ccc(-c2cnc([C@@H]3CCc4nc(-c5cc(Cl)ccc5-n5cc(Cl)nn5)cc(=O)n43)[nH]2)cc1. The van der Waals surface area contributed by atoms with Crippen LogP contribution in [0.3, 0.4) is 0 Å². The van der Waals surface area contributed by atoms with Crippen molar-refractivity contribution in [3.8, 4) is 28.2 Å². The predicted molar refractivity (Wildman–Crippen MR) is 141 cm³/mol. The lowest BCUT2D eigenvalue weighted by Crippen LogP contribution is -2.25. The van der Waals surface area contributed by atoms with Crippen molar-refractivity contribution in [3.63, 3.8) is 0 Å². The van der Waals surface area contributed by atoms with Crippen LogP contribution in [0.4, 0.5) is 10.5 Å². The summed E-state index contributed by atoms with van der Waals surface area (Å²) in [6.07, 6.45) is 3.38. The van der Waals surface area contributed by atoms with E-state index < -0.39 is 6.09 Å². The molecular formula is C25H18Cl2N8O3. The molecular weight excluding hydrogens is 531 g/mol. The zero-order valence-electron chi connectivity index (χ0n) is 19.5. The third-order valence-corrected chi connectivity index (χ3v) is 6.69. The molecule has 4 heterocycles. The van der Waals surface area contributed by atoms with E-state index in [1.165, 1.54) is 10.7 Å². The van der Waals surface area contributed by atoms with Crippen LogP contribution in [0, 0.1) is 0 Å². The molecule has 0 saturated carbocycles. The van der Waals surface area contributed by atoms with Gasteiger partial charge in [0.25, 0.3) is 5.56 Å². The van der Waals surface area contributed by atoms with Crippen molar-refractivity contribution in [2.45, 2.75) is 18.9 Å². The van der Waals surface area contributed by atoms with E-state index in [4.69, 9.17) is 33.3 Å². The Bertz CT molecular complexity index is 1740. The summed E-state index contributed by atoms with van der Waals surface area (Å²) in [7, 11) is 0. The Balaban J connectivity index is 1.33. The van der Waals surface area contributed by atoms with E-state index in [2.05, 4.69) is 25.6 Å². The highest BCUT2D eigenvalue weighted by atomic mass is 35.5. The van der Waals surface area contributed by atoms with Crippen molar-refractivity contribution >= 4 is 35.0 Å². The topological polar surface area (TPSA) is 144 Å². The van der Waals surface area contributed by atoms with E-state index in [9.17, 15) is 9.59 Å². The third-order valence-electron chi connectivity index (χ3n) is 6.28. The number of carbonyl (C=O) groups is 1. The van der Waals surface area contributed by atoms with E-state index in [1.54, 1.807) is 59.4 Å². The number of fused-ring (bicyclic) bond motifs is 1. The minimum atomic E-state index is -1.13. The first-order valence-corrected chi connectivity index (χ1v) is 12.3. The summed E-state index contributed by atoms with van der Waals surface area (Å²) in [5.74, 6) is 1.28. The standard InChI is InChI=1S/C25H18Cl2N8O3/c26-14-3-6-19(34-12-21(27)32-33-34)16(9-14)17-10-23(36)35-20(7-8-22(35)30-17)24-28-11-18(31-24)13-1-4-15(5-2-13)29-25(37)38/h1-6,9-12,20,29H,7-8H2,(H,28,31)(H,37,38)/t20-/m0/s1. The Kier molecular flexibility index (Phi) is 5.93. The van der Waals surface area contributed by atoms with E-state index in [1.807, 2.05) is 0 Å². The molecule has 0 bridgehead atoms. The molecule has 0 aliphatic carbocycles. The number of nitrogens with zero attached hydrogens (tertiary/aromatic N) is 6. The molecule has 38 heavy (non-hydrogen) atoms.